The van der Waals surface area contributed by atoms with Crippen molar-refractivity contribution in [2.24, 2.45) is 0 Å². The minimum absolute atomic E-state index is 0.203. The van der Waals surface area contributed by atoms with Crippen LogP contribution in [0.5, 0.6) is 0 Å². The van der Waals surface area contributed by atoms with E-state index in [1.165, 1.54) is 32.7 Å². The fourth-order valence-electron chi connectivity index (χ4n) is 3.69. The summed E-state index contributed by atoms with van der Waals surface area (Å²) in [6, 6.07) is 5.78. The molecule has 4 rings (SSSR count). The summed E-state index contributed by atoms with van der Waals surface area (Å²) in [5.41, 5.74) is 1.55. The minimum atomic E-state index is -3.54. The number of nitrogens with zero attached hydrogens (tertiary/aromatic N) is 4. The highest BCUT2D eigenvalue weighted by molar-refractivity contribution is 7.89. The highest BCUT2D eigenvalue weighted by Gasteiger charge is 2.24. The first-order valence-corrected chi connectivity index (χ1v) is 11.2. The van der Waals surface area contributed by atoms with Crippen LogP contribution in [-0.2, 0) is 10.0 Å². The Labute approximate surface area is 159 Å². The zero-order valence-corrected chi connectivity index (χ0v) is 16.4. The van der Waals surface area contributed by atoms with Crippen molar-refractivity contribution in [2.45, 2.75) is 68.3 Å². The molecule has 1 aromatic carbocycles. The molecule has 0 aliphatic heterocycles. The molecule has 2 fully saturated rings. The molecule has 0 bridgehead atoms. The quantitative estimate of drug-likeness (QED) is 0.786. The molecule has 1 aromatic heterocycles. The Morgan fingerprint density at radius 3 is 2.52 bits per heavy atom. The van der Waals surface area contributed by atoms with Crippen LogP contribution >= 0.6 is 0 Å². The van der Waals surface area contributed by atoms with Crippen molar-refractivity contribution in [3.63, 3.8) is 0 Å². The molecule has 8 nitrogen and oxygen atoms in total. The maximum Gasteiger partial charge on any atom is 0.240 e. The van der Waals surface area contributed by atoms with E-state index in [1.807, 2.05) is 6.07 Å². The maximum atomic E-state index is 12.3. The molecular formula is C18H26N6O2S. The number of aromatic nitrogens is 4. The number of tetrazole rings is 1. The third-order valence-electron chi connectivity index (χ3n) is 5.61. The third kappa shape index (κ3) is 3.84. The fraction of sp³-hybridized carbons (Fsp3) is 0.611. The van der Waals surface area contributed by atoms with E-state index >= 15 is 0 Å². The zero-order chi connectivity index (χ0) is 18.9. The van der Waals surface area contributed by atoms with E-state index in [4.69, 9.17) is 0 Å². The molecule has 0 spiro atoms. The molecule has 2 aliphatic rings. The van der Waals surface area contributed by atoms with Crippen LogP contribution in [0.2, 0.25) is 0 Å². The Hall–Kier alpha value is -2.00. The van der Waals surface area contributed by atoms with Gasteiger partial charge in [-0.05, 0) is 62.6 Å². The van der Waals surface area contributed by atoms with Gasteiger partial charge in [0.05, 0.1) is 10.9 Å². The Balaban J connectivity index is 1.70. The van der Waals surface area contributed by atoms with Crippen molar-refractivity contribution < 1.29 is 8.42 Å². The molecule has 0 amide bonds. The van der Waals surface area contributed by atoms with Gasteiger partial charge >= 0.3 is 0 Å². The summed E-state index contributed by atoms with van der Waals surface area (Å²) in [6.45, 7) is 0. The first-order valence-electron chi connectivity index (χ1n) is 9.71. The van der Waals surface area contributed by atoms with Crippen molar-refractivity contribution in [3.8, 4) is 11.4 Å². The van der Waals surface area contributed by atoms with Gasteiger partial charge in [-0.25, -0.2) is 13.1 Å². The van der Waals surface area contributed by atoms with Gasteiger partial charge in [0, 0.05) is 17.3 Å². The van der Waals surface area contributed by atoms with Crippen LogP contribution in [0.4, 0.5) is 5.69 Å². The van der Waals surface area contributed by atoms with Gasteiger partial charge in [-0.1, -0.05) is 19.3 Å². The highest BCUT2D eigenvalue weighted by Crippen LogP contribution is 2.33. The number of sulfonamides is 1. The Bertz CT molecular complexity index is 900. The zero-order valence-electron chi connectivity index (χ0n) is 15.6. The molecule has 0 atom stereocenters. The van der Waals surface area contributed by atoms with Crippen molar-refractivity contribution in [1.29, 1.82) is 0 Å². The van der Waals surface area contributed by atoms with E-state index in [9.17, 15) is 8.42 Å². The van der Waals surface area contributed by atoms with Gasteiger partial charge in [-0.2, -0.15) is 4.80 Å². The highest BCUT2D eigenvalue weighted by atomic mass is 32.2. The van der Waals surface area contributed by atoms with E-state index in [0.717, 1.165) is 31.4 Å². The van der Waals surface area contributed by atoms with Crippen LogP contribution in [-0.4, -0.2) is 41.7 Å². The normalized spacial score (nSPS) is 19.0. The summed E-state index contributed by atoms with van der Waals surface area (Å²) in [5.74, 6) is 0.466. The smallest absolute Gasteiger partial charge is 0.240 e. The number of anilines is 1. The lowest BCUT2D eigenvalue weighted by molar-refractivity contribution is 0.258. The molecule has 2 aromatic rings. The largest absolute Gasteiger partial charge is 0.382 e. The molecule has 0 radical (unpaired) electrons. The molecule has 1 heterocycles. The first-order chi connectivity index (χ1) is 13.1. The summed E-state index contributed by atoms with van der Waals surface area (Å²) in [4.78, 5) is 1.87. The van der Waals surface area contributed by atoms with E-state index in [0.29, 0.717) is 23.5 Å². The maximum absolute atomic E-state index is 12.3. The van der Waals surface area contributed by atoms with E-state index in [-0.39, 0.29) is 4.90 Å². The van der Waals surface area contributed by atoms with Crippen molar-refractivity contribution in [1.82, 2.24) is 24.9 Å². The number of nitrogens with one attached hydrogen (secondary N) is 2. The van der Waals surface area contributed by atoms with Gasteiger partial charge in [0.1, 0.15) is 0 Å². The lowest BCUT2D eigenvalue weighted by Gasteiger charge is -2.25. The lowest BCUT2D eigenvalue weighted by atomic mass is 9.94. The van der Waals surface area contributed by atoms with Gasteiger partial charge in [-0.3, -0.25) is 0 Å². The molecule has 2 N–H and O–H groups in total. The fourth-order valence-corrected chi connectivity index (χ4v) is 4.45. The van der Waals surface area contributed by atoms with E-state index < -0.39 is 10.0 Å². The summed E-state index contributed by atoms with van der Waals surface area (Å²) in [6.07, 6.45) is 9.28. The molecule has 9 heteroatoms. The van der Waals surface area contributed by atoms with Crippen LogP contribution in [0.15, 0.2) is 23.1 Å². The monoisotopic (exact) mass is 390 g/mol. The van der Waals surface area contributed by atoms with E-state index in [1.54, 1.807) is 16.9 Å². The SMILES string of the molecule is CNS(=O)(=O)c1ccc(NC2CCCCC2)c(-c2nnn(C3CCC3)n2)c1. The van der Waals surface area contributed by atoms with Gasteiger partial charge < -0.3 is 5.32 Å². The van der Waals surface area contributed by atoms with Crippen LogP contribution in [0, 0.1) is 0 Å². The van der Waals surface area contributed by atoms with Crippen LogP contribution in [0.25, 0.3) is 11.4 Å². The van der Waals surface area contributed by atoms with Gasteiger partial charge in [0.25, 0.3) is 0 Å². The third-order valence-corrected chi connectivity index (χ3v) is 7.02. The molecule has 2 saturated carbocycles. The predicted molar refractivity (Wildman–Crippen MR) is 103 cm³/mol. The topological polar surface area (TPSA) is 102 Å². The van der Waals surface area contributed by atoms with Crippen LogP contribution in [0.1, 0.15) is 57.4 Å². The second-order valence-corrected chi connectivity index (χ2v) is 9.30. The average Bonchev–Trinajstić information content (AvgIpc) is 3.10. The average molecular weight is 391 g/mol. The van der Waals surface area contributed by atoms with Gasteiger partial charge in [0.15, 0.2) is 0 Å². The van der Waals surface area contributed by atoms with Gasteiger partial charge in [-0.15, -0.1) is 10.2 Å². The summed E-state index contributed by atoms with van der Waals surface area (Å²) < 4.78 is 26.9. The summed E-state index contributed by atoms with van der Waals surface area (Å²) in [7, 11) is -2.13. The lowest BCUT2D eigenvalue weighted by Crippen LogP contribution is -2.23. The second-order valence-electron chi connectivity index (χ2n) is 7.41. The molecular weight excluding hydrogens is 364 g/mol. The number of benzene rings is 1. The predicted octanol–water partition coefficient (Wildman–Crippen LogP) is 2.72. The Kier molecular flexibility index (Phi) is 5.14. The Morgan fingerprint density at radius 2 is 1.85 bits per heavy atom. The number of hydrogen-bond donors (Lipinski definition) is 2. The van der Waals surface area contributed by atoms with Crippen molar-refractivity contribution in [3.05, 3.63) is 18.2 Å². The number of hydrogen-bond acceptors (Lipinski definition) is 6. The summed E-state index contributed by atoms with van der Waals surface area (Å²) >= 11 is 0. The minimum Gasteiger partial charge on any atom is -0.382 e. The molecule has 146 valence electrons. The molecule has 27 heavy (non-hydrogen) atoms. The van der Waals surface area contributed by atoms with Crippen LogP contribution in [0.3, 0.4) is 0 Å². The molecule has 0 saturated heterocycles. The van der Waals surface area contributed by atoms with Crippen molar-refractivity contribution >= 4 is 15.7 Å². The second kappa shape index (κ2) is 7.55. The number of rotatable bonds is 6. The standard InChI is InChI=1S/C18H26N6O2S/c1-19-27(25,26)15-10-11-17(20-13-6-3-2-4-7-13)16(12-15)18-21-23-24(22-18)14-8-5-9-14/h10-14,19-20H,2-9H2,1H3. The summed E-state index contributed by atoms with van der Waals surface area (Å²) in [5, 5.41) is 16.5. The molecule has 2 aliphatic carbocycles. The molecule has 0 unspecified atom stereocenters. The van der Waals surface area contributed by atoms with Crippen LogP contribution < -0.4 is 10.0 Å². The van der Waals surface area contributed by atoms with Crippen molar-refractivity contribution in [2.75, 3.05) is 12.4 Å². The van der Waals surface area contributed by atoms with E-state index in [2.05, 4.69) is 25.4 Å². The van der Waals surface area contributed by atoms with Gasteiger partial charge in [0.2, 0.25) is 15.8 Å². The first kappa shape index (κ1) is 18.4. The Morgan fingerprint density at radius 1 is 1.07 bits per heavy atom.